The molecule has 17 heavy (non-hydrogen) atoms. The molecule has 5 heteroatoms. The molecule has 1 atom stereocenters. The first-order valence-corrected chi connectivity index (χ1v) is 5.38. The molecule has 4 nitrogen and oxygen atoms in total. The van der Waals surface area contributed by atoms with Crippen LogP contribution in [0.25, 0.3) is 0 Å². The minimum absolute atomic E-state index is 0. The fourth-order valence-electron chi connectivity index (χ4n) is 1.24. The predicted molar refractivity (Wildman–Crippen MR) is 70.5 cm³/mol. The quantitative estimate of drug-likeness (QED) is 0.757. The number of para-hydroxylation sites is 1. The summed E-state index contributed by atoms with van der Waals surface area (Å²) >= 11 is 0. The second kappa shape index (κ2) is 8.84. The summed E-state index contributed by atoms with van der Waals surface area (Å²) in [6.45, 7) is 2.77. The number of hydrogen-bond donors (Lipinski definition) is 2. The van der Waals surface area contributed by atoms with E-state index in [0.29, 0.717) is 19.6 Å². The monoisotopic (exact) mass is 258 g/mol. The lowest BCUT2D eigenvalue weighted by Gasteiger charge is -2.08. The van der Waals surface area contributed by atoms with Crippen LogP contribution in [0.3, 0.4) is 0 Å². The van der Waals surface area contributed by atoms with Crippen molar-refractivity contribution in [3.63, 3.8) is 0 Å². The molecule has 0 aliphatic heterocycles. The van der Waals surface area contributed by atoms with Gasteiger partial charge in [0.05, 0.1) is 6.54 Å². The molecule has 0 radical (unpaired) electrons. The zero-order valence-electron chi connectivity index (χ0n) is 9.89. The van der Waals surface area contributed by atoms with Crippen molar-refractivity contribution in [3.05, 3.63) is 30.3 Å². The van der Waals surface area contributed by atoms with E-state index in [1.54, 1.807) is 6.92 Å². The SMILES string of the molecule is CC(N)CC(=O)NCCOc1ccccc1.Cl. The second-order valence-corrected chi connectivity index (χ2v) is 3.69. The van der Waals surface area contributed by atoms with Gasteiger partial charge in [0, 0.05) is 12.5 Å². The molecule has 0 aliphatic rings. The lowest BCUT2D eigenvalue weighted by atomic mass is 10.2. The summed E-state index contributed by atoms with van der Waals surface area (Å²) in [4.78, 5) is 11.2. The smallest absolute Gasteiger partial charge is 0.221 e. The zero-order chi connectivity index (χ0) is 11.8. The van der Waals surface area contributed by atoms with Crippen LogP contribution < -0.4 is 15.8 Å². The maximum atomic E-state index is 11.2. The number of amides is 1. The molecule has 0 aliphatic carbocycles. The van der Waals surface area contributed by atoms with Crippen LogP contribution in [0.5, 0.6) is 5.75 Å². The summed E-state index contributed by atoms with van der Waals surface area (Å²) in [6.07, 6.45) is 0.353. The van der Waals surface area contributed by atoms with Gasteiger partial charge in [-0.2, -0.15) is 0 Å². The maximum absolute atomic E-state index is 11.2. The maximum Gasteiger partial charge on any atom is 0.221 e. The van der Waals surface area contributed by atoms with Gasteiger partial charge in [-0.25, -0.2) is 0 Å². The molecule has 0 spiro atoms. The molecular weight excluding hydrogens is 240 g/mol. The molecule has 1 amide bonds. The number of benzene rings is 1. The van der Waals surface area contributed by atoms with E-state index < -0.39 is 0 Å². The third-order valence-electron chi connectivity index (χ3n) is 1.94. The molecule has 0 saturated heterocycles. The highest BCUT2D eigenvalue weighted by Gasteiger charge is 2.03. The van der Waals surface area contributed by atoms with Crippen LogP contribution in [0.4, 0.5) is 0 Å². The first kappa shape index (κ1) is 15.7. The van der Waals surface area contributed by atoms with Gasteiger partial charge in [0.2, 0.25) is 5.91 Å². The molecule has 0 fully saturated rings. The van der Waals surface area contributed by atoms with E-state index in [2.05, 4.69) is 5.32 Å². The Morgan fingerprint density at radius 2 is 2.06 bits per heavy atom. The topological polar surface area (TPSA) is 64.4 Å². The van der Waals surface area contributed by atoms with Crippen LogP contribution in [0.2, 0.25) is 0 Å². The van der Waals surface area contributed by atoms with Crippen molar-refractivity contribution < 1.29 is 9.53 Å². The van der Waals surface area contributed by atoms with Gasteiger partial charge in [0.1, 0.15) is 12.4 Å². The second-order valence-electron chi connectivity index (χ2n) is 3.69. The molecule has 1 unspecified atom stereocenters. The first-order valence-electron chi connectivity index (χ1n) is 5.38. The van der Waals surface area contributed by atoms with Crippen molar-refractivity contribution in [1.82, 2.24) is 5.32 Å². The van der Waals surface area contributed by atoms with E-state index in [1.165, 1.54) is 0 Å². The molecule has 0 heterocycles. The van der Waals surface area contributed by atoms with Gasteiger partial charge in [-0.05, 0) is 19.1 Å². The Kier molecular flexibility index (Phi) is 8.19. The van der Waals surface area contributed by atoms with Gasteiger partial charge in [-0.1, -0.05) is 18.2 Å². The van der Waals surface area contributed by atoms with E-state index >= 15 is 0 Å². The molecule has 96 valence electrons. The number of halogens is 1. The average molecular weight is 259 g/mol. The van der Waals surface area contributed by atoms with Crippen molar-refractivity contribution >= 4 is 18.3 Å². The van der Waals surface area contributed by atoms with Gasteiger partial charge in [0.25, 0.3) is 0 Å². The van der Waals surface area contributed by atoms with Crippen molar-refractivity contribution in [1.29, 1.82) is 0 Å². The molecule has 0 saturated carbocycles. The Bertz CT molecular complexity index is 318. The fraction of sp³-hybridized carbons (Fsp3) is 0.417. The highest BCUT2D eigenvalue weighted by molar-refractivity contribution is 5.85. The number of carbonyl (C=O) groups excluding carboxylic acids is 1. The van der Waals surface area contributed by atoms with E-state index in [-0.39, 0.29) is 24.4 Å². The van der Waals surface area contributed by atoms with Crippen LogP contribution in [0.15, 0.2) is 30.3 Å². The Morgan fingerprint density at radius 3 is 2.65 bits per heavy atom. The predicted octanol–water partition coefficient (Wildman–Crippen LogP) is 1.34. The van der Waals surface area contributed by atoms with E-state index in [0.717, 1.165) is 5.75 Å². The summed E-state index contributed by atoms with van der Waals surface area (Å²) < 4.78 is 5.42. The fourth-order valence-corrected chi connectivity index (χ4v) is 1.24. The van der Waals surface area contributed by atoms with Crippen LogP contribution >= 0.6 is 12.4 Å². The minimum atomic E-state index is -0.102. The van der Waals surface area contributed by atoms with Gasteiger partial charge in [0.15, 0.2) is 0 Å². The molecule has 0 aromatic heterocycles. The lowest BCUT2D eigenvalue weighted by molar-refractivity contribution is -0.121. The molecule has 1 aromatic rings. The molecule has 0 bridgehead atoms. The summed E-state index contributed by atoms with van der Waals surface area (Å²) in [6, 6.07) is 9.40. The normalized spacial score (nSPS) is 11.2. The number of nitrogens with one attached hydrogen (secondary N) is 1. The van der Waals surface area contributed by atoms with Gasteiger partial charge in [-0.15, -0.1) is 12.4 Å². The van der Waals surface area contributed by atoms with E-state index in [4.69, 9.17) is 10.5 Å². The van der Waals surface area contributed by atoms with Gasteiger partial charge in [-0.3, -0.25) is 4.79 Å². The number of nitrogens with two attached hydrogens (primary N) is 1. The van der Waals surface area contributed by atoms with Gasteiger partial charge < -0.3 is 15.8 Å². The van der Waals surface area contributed by atoms with Crippen LogP contribution in [0.1, 0.15) is 13.3 Å². The van der Waals surface area contributed by atoms with Gasteiger partial charge >= 0.3 is 0 Å². The summed E-state index contributed by atoms with van der Waals surface area (Å²) in [5, 5.41) is 2.74. The number of hydrogen-bond acceptors (Lipinski definition) is 3. The number of carbonyl (C=O) groups is 1. The molecular formula is C12H19ClN2O2. The summed E-state index contributed by atoms with van der Waals surface area (Å²) in [5.74, 6) is 0.774. The van der Waals surface area contributed by atoms with Crippen molar-refractivity contribution in [3.8, 4) is 5.75 Å². The highest BCUT2D eigenvalue weighted by Crippen LogP contribution is 2.07. The van der Waals surface area contributed by atoms with E-state index in [1.807, 2.05) is 30.3 Å². The minimum Gasteiger partial charge on any atom is -0.492 e. The third-order valence-corrected chi connectivity index (χ3v) is 1.94. The van der Waals surface area contributed by atoms with Crippen LogP contribution in [-0.2, 0) is 4.79 Å². The number of rotatable bonds is 6. The Morgan fingerprint density at radius 1 is 1.41 bits per heavy atom. The summed E-state index contributed by atoms with van der Waals surface area (Å²) in [7, 11) is 0. The van der Waals surface area contributed by atoms with Crippen molar-refractivity contribution in [2.45, 2.75) is 19.4 Å². The van der Waals surface area contributed by atoms with Crippen LogP contribution in [0, 0.1) is 0 Å². The number of ether oxygens (including phenoxy) is 1. The highest BCUT2D eigenvalue weighted by atomic mass is 35.5. The molecule has 3 N–H and O–H groups in total. The Balaban J connectivity index is 0.00000256. The largest absolute Gasteiger partial charge is 0.492 e. The average Bonchev–Trinajstić information content (AvgIpc) is 2.25. The molecule has 1 aromatic carbocycles. The lowest BCUT2D eigenvalue weighted by Crippen LogP contribution is -2.32. The van der Waals surface area contributed by atoms with Crippen molar-refractivity contribution in [2.24, 2.45) is 5.73 Å². The first-order chi connectivity index (χ1) is 7.68. The van der Waals surface area contributed by atoms with Crippen molar-refractivity contribution in [2.75, 3.05) is 13.2 Å². The zero-order valence-corrected chi connectivity index (χ0v) is 10.7. The molecule has 1 rings (SSSR count). The summed E-state index contributed by atoms with van der Waals surface area (Å²) in [5.41, 5.74) is 5.50. The Labute approximate surface area is 108 Å². The third kappa shape index (κ3) is 7.60. The standard InChI is InChI=1S/C12H18N2O2.ClH/c1-10(13)9-12(15)14-7-8-16-11-5-3-2-4-6-11;/h2-6,10H,7-9,13H2,1H3,(H,14,15);1H. The van der Waals surface area contributed by atoms with Crippen LogP contribution in [-0.4, -0.2) is 25.1 Å². The Hall–Kier alpha value is -1.26. The van der Waals surface area contributed by atoms with E-state index in [9.17, 15) is 4.79 Å².